The first-order valence-electron chi connectivity index (χ1n) is 10.00. The summed E-state index contributed by atoms with van der Waals surface area (Å²) < 4.78 is 16.4. The fourth-order valence-corrected chi connectivity index (χ4v) is 3.95. The summed E-state index contributed by atoms with van der Waals surface area (Å²) in [6, 6.07) is 14.7. The van der Waals surface area contributed by atoms with Gasteiger partial charge in [-0.05, 0) is 24.5 Å². The highest BCUT2D eigenvalue weighted by Gasteiger charge is 2.26. The lowest BCUT2D eigenvalue weighted by Gasteiger charge is -2.22. The van der Waals surface area contributed by atoms with Crippen LogP contribution >= 0.6 is 24.0 Å². The van der Waals surface area contributed by atoms with Crippen molar-refractivity contribution in [2.24, 2.45) is 4.99 Å². The fourth-order valence-electron chi connectivity index (χ4n) is 3.95. The molecule has 2 aromatic rings. The van der Waals surface area contributed by atoms with Gasteiger partial charge < -0.3 is 24.4 Å². The van der Waals surface area contributed by atoms with Gasteiger partial charge in [-0.1, -0.05) is 36.4 Å². The van der Waals surface area contributed by atoms with E-state index in [0.29, 0.717) is 23.2 Å². The average molecular weight is 525 g/mol. The molecule has 1 unspecified atom stereocenters. The van der Waals surface area contributed by atoms with Crippen LogP contribution in [0, 0.1) is 0 Å². The summed E-state index contributed by atoms with van der Waals surface area (Å²) in [5.41, 5.74) is 2.47. The molecule has 0 radical (unpaired) electrons. The molecule has 0 amide bonds. The van der Waals surface area contributed by atoms with Crippen molar-refractivity contribution < 1.29 is 14.2 Å². The summed E-state index contributed by atoms with van der Waals surface area (Å²) >= 11 is 0. The molecule has 7 heteroatoms. The second-order valence-corrected chi connectivity index (χ2v) is 7.06. The molecule has 1 fully saturated rings. The number of guanidine groups is 1. The van der Waals surface area contributed by atoms with Gasteiger partial charge in [-0.2, -0.15) is 0 Å². The molecule has 1 N–H and O–H groups in total. The zero-order valence-corrected chi connectivity index (χ0v) is 20.5. The first-order chi connectivity index (χ1) is 14.2. The highest BCUT2D eigenvalue weighted by atomic mass is 127. The first kappa shape index (κ1) is 24.1. The maximum absolute atomic E-state index is 5.58. The Bertz CT molecular complexity index is 830. The Hall–Kier alpha value is -2.16. The molecule has 30 heavy (non-hydrogen) atoms. The van der Waals surface area contributed by atoms with Crippen molar-refractivity contribution in [1.82, 2.24) is 10.2 Å². The molecular formula is C23H32IN3O3. The summed E-state index contributed by atoms with van der Waals surface area (Å²) in [6.07, 6.45) is 1.94. The molecule has 2 aromatic carbocycles. The number of methoxy groups -OCH3 is 3. The molecule has 3 rings (SSSR count). The topological polar surface area (TPSA) is 55.3 Å². The van der Waals surface area contributed by atoms with Crippen molar-refractivity contribution in [3.63, 3.8) is 0 Å². The van der Waals surface area contributed by atoms with Crippen LogP contribution in [0.25, 0.3) is 0 Å². The Morgan fingerprint density at radius 1 is 1.03 bits per heavy atom. The van der Waals surface area contributed by atoms with Crippen molar-refractivity contribution in [3.8, 4) is 17.2 Å². The number of benzene rings is 2. The van der Waals surface area contributed by atoms with Crippen LogP contribution < -0.4 is 19.5 Å². The van der Waals surface area contributed by atoms with Gasteiger partial charge in [0.15, 0.2) is 17.5 Å². The van der Waals surface area contributed by atoms with Gasteiger partial charge in [0.1, 0.15) is 0 Å². The molecule has 1 aliphatic rings. The van der Waals surface area contributed by atoms with Crippen LogP contribution in [0.3, 0.4) is 0 Å². The van der Waals surface area contributed by atoms with Crippen molar-refractivity contribution in [1.29, 1.82) is 0 Å². The van der Waals surface area contributed by atoms with Gasteiger partial charge in [-0.3, -0.25) is 4.99 Å². The van der Waals surface area contributed by atoms with Crippen molar-refractivity contribution in [2.45, 2.75) is 18.8 Å². The van der Waals surface area contributed by atoms with Crippen LogP contribution in [-0.4, -0.2) is 58.9 Å². The summed E-state index contributed by atoms with van der Waals surface area (Å²) in [6.45, 7) is 2.76. The van der Waals surface area contributed by atoms with Crippen LogP contribution in [0.2, 0.25) is 0 Å². The van der Waals surface area contributed by atoms with Crippen LogP contribution in [0.15, 0.2) is 47.5 Å². The number of nitrogens with zero attached hydrogens (tertiary/aromatic N) is 2. The lowest BCUT2D eigenvalue weighted by molar-refractivity contribution is 0.322. The highest BCUT2D eigenvalue weighted by Crippen LogP contribution is 2.39. The molecule has 0 saturated carbocycles. The van der Waals surface area contributed by atoms with Crippen molar-refractivity contribution in [2.75, 3.05) is 48.0 Å². The Morgan fingerprint density at radius 2 is 1.77 bits per heavy atom. The lowest BCUT2D eigenvalue weighted by Crippen LogP contribution is -2.40. The summed E-state index contributed by atoms with van der Waals surface area (Å²) in [4.78, 5) is 6.83. The predicted molar refractivity (Wildman–Crippen MR) is 132 cm³/mol. The number of aliphatic imine (C=N–C) groups is 1. The Labute approximate surface area is 196 Å². The molecule has 1 atom stereocenters. The van der Waals surface area contributed by atoms with Crippen molar-refractivity contribution >= 4 is 29.9 Å². The minimum atomic E-state index is 0. The number of nitrogens with one attached hydrogen (secondary N) is 1. The second-order valence-electron chi connectivity index (χ2n) is 7.06. The molecule has 1 heterocycles. The number of likely N-dealkylation sites (tertiary alicyclic amines) is 1. The SMILES string of the molecule is CN=C(NCCc1ccc(OC)c(OC)c1OC)N1CCC(c2ccccc2)C1.I. The monoisotopic (exact) mass is 525 g/mol. The molecule has 1 saturated heterocycles. The van der Waals surface area contributed by atoms with E-state index >= 15 is 0 Å². The average Bonchev–Trinajstić information content (AvgIpc) is 3.26. The maximum atomic E-state index is 5.58. The molecule has 1 aliphatic heterocycles. The van der Waals surface area contributed by atoms with E-state index < -0.39 is 0 Å². The van der Waals surface area contributed by atoms with Gasteiger partial charge in [0, 0.05) is 38.2 Å². The molecule has 0 aromatic heterocycles. The van der Waals surface area contributed by atoms with Gasteiger partial charge >= 0.3 is 0 Å². The van der Waals surface area contributed by atoms with E-state index in [9.17, 15) is 0 Å². The van der Waals surface area contributed by atoms with E-state index in [1.807, 2.05) is 19.2 Å². The van der Waals surface area contributed by atoms with Gasteiger partial charge in [-0.25, -0.2) is 0 Å². The van der Waals surface area contributed by atoms with Crippen LogP contribution in [0.1, 0.15) is 23.5 Å². The van der Waals surface area contributed by atoms with Crippen molar-refractivity contribution in [3.05, 3.63) is 53.6 Å². The zero-order chi connectivity index (χ0) is 20.6. The molecule has 0 spiro atoms. The Balaban J connectivity index is 0.00000320. The number of halogens is 1. The quantitative estimate of drug-likeness (QED) is 0.337. The van der Waals surface area contributed by atoms with E-state index in [4.69, 9.17) is 14.2 Å². The number of hydrogen-bond donors (Lipinski definition) is 1. The van der Waals surface area contributed by atoms with E-state index in [-0.39, 0.29) is 24.0 Å². The zero-order valence-electron chi connectivity index (χ0n) is 18.2. The van der Waals surface area contributed by atoms with E-state index in [2.05, 4.69) is 45.5 Å². The third-order valence-electron chi connectivity index (χ3n) is 5.43. The van der Waals surface area contributed by atoms with Gasteiger partial charge in [0.25, 0.3) is 0 Å². The summed E-state index contributed by atoms with van der Waals surface area (Å²) in [5, 5.41) is 3.50. The molecular weight excluding hydrogens is 493 g/mol. The van der Waals surface area contributed by atoms with Crippen LogP contribution in [0.4, 0.5) is 0 Å². The number of hydrogen-bond acceptors (Lipinski definition) is 4. The number of ether oxygens (including phenoxy) is 3. The summed E-state index contributed by atoms with van der Waals surface area (Å²) in [5.74, 6) is 3.51. The Kier molecular flexibility index (Phi) is 9.55. The molecule has 0 bridgehead atoms. The number of rotatable bonds is 7. The normalized spacial score (nSPS) is 16.1. The Morgan fingerprint density at radius 3 is 2.40 bits per heavy atom. The minimum absolute atomic E-state index is 0. The van der Waals surface area contributed by atoms with E-state index in [1.165, 1.54) is 5.56 Å². The first-order valence-corrected chi connectivity index (χ1v) is 10.00. The van der Waals surface area contributed by atoms with E-state index in [0.717, 1.165) is 44.0 Å². The van der Waals surface area contributed by atoms with E-state index in [1.54, 1.807) is 21.3 Å². The maximum Gasteiger partial charge on any atom is 0.203 e. The molecule has 6 nitrogen and oxygen atoms in total. The minimum Gasteiger partial charge on any atom is -0.493 e. The highest BCUT2D eigenvalue weighted by molar-refractivity contribution is 14.0. The van der Waals surface area contributed by atoms with Crippen LogP contribution in [-0.2, 0) is 6.42 Å². The molecule has 0 aliphatic carbocycles. The lowest BCUT2D eigenvalue weighted by atomic mass is 9.99. The smallest absolute Gasteiger partial charge is 0.203 e. The second kappa shape index (κ2) is 11.9. The molecule has 164 valence electrons. The standard InChI is InChI=1S/C23H31N3O3.HI/c1-24-23(26-15-13-19(16-26)17-8-6-5-7-9-17)25-14-12-18-10-11-20(27-2)22(29-4)21(18)28-3;/h5-11,19H,12-16H2,1-4H3,(H,24,25);1H. The third-order valence-corrected chi connectivity index (χ3v) is 5.43. The van der Waals surface area contributed by atoms with Gasteiger partial charge in [0.05, 0.1) is 21.3 Å². The van der Waals surface area contributed by atoms with Gasteiger partial charge in [-0.15, -0.1) is 24.0 Å². The summed E-state index contributed by atoms with van der Waals surface area (Å²) in [7, 11) is 6.75. The fraction of sp³-hybridized carbons (Fsp3) is 0.435. The predicted octanol–water partition coefficient (Wildman–Crippen LogP) is 3.94. The largest absolute Gasteiger partial charge is 0.493 e. The van der Waals surface area contributed by atoms with Gasteiger partial charge in [0.2, 0.25) is 5.75 Å². The third kappa shape index (κ3) is 5.50. The van der Waals surface area contributed by atoms with Crippen LogP contribution in [0.5, 0.6) is 17.2 Å².